The molecule has 0 aliphatic carbocycles. The Kier molecular flexibility index (Phi) is 5.07. The molecule has 90 valence electrons. The third kappa shape index (κ3) is 4.84. The lowest BCUT2D eigenvalue weighted by Gasteiger charge is -2.09. The van der Waals surface area contributed by atoms with Crippen molar-refractivity contribution in [1.29, 1.82) is 0 Å². The molecule has 0 bridgehead atoms. The predicted octanol–water partition coefficient (Wildman–Crippen LogP) is 1.03. The van der Waals surface area contributed by atoms with Gasteiger partial charge in [-0.3, -0.25) is 4.55 Å². The fraction of sp³-hybridized carbons (Fsp3) is 0.333. The molecule has 0 radical (unpaired) electrons. The zero-order valence-electron chi connectivity index (χ0n) is 8.46. The van der Waals surface area contributed by atoms with Crippen molar-refractivity contribution in [2.75, 3.05) is 23.6 Å². The molecule has 16 heavy (non-hydrogen) atoms. The van der Waals surface area contributed by atoms with E-state index in [2.05, 4.69) is 5.32 Å². The van der Waals surface area contributed by atoms with Crippen LogP contribution in [0.15, 0.2) is 29.2 Å². The van der Waals surface area contributed by atoms with Crippen molar-refractivity contribution < 1.29 is 18.1 Å². The zero-order chi connectivity index (χ0) is 12.0. The lowest BCUT2D eigenvalue weighted by Crippen LogP contribution is -2.13. The van der Waals surface area contributed by atoms with E-state index in [4.69, 9.17) is 9.66 Å². The summed E-state index contributed by atoms with van der Waals surface area (Å²) in [7, 11) is -4.03. The Balaban J connectivity index is 2.71. The Morgan fingerprint density at radius 2 is 2.00 bits per heavy atom. The maximum Gasteiger partial charge on any atom is 0.283 e. The lowest BCUT2D eigenvalue weighted by molar-refractivity contribution is 0.322. The first kappa shape index (κ1) is 13.3. The first-order valence-corrected chi connectivity index (χ1v) is 7.14. The van der Waals surface area contributed by atoms with E-state index in [9.17, 15) is 8.42 Å². The highest BCUT2D eigenvalue weighted by Gasteiger charge is 2.06. The standard InChI is InChI=1S/C9H13NO4S2/c11-5-6-15-9-4-2-1-3-8(9)10-7-16(12,13)14/h1-4,10-11H,5-7H2,(H,12,13,14). The van der Waals surface area contributed by atoms with Crippen LogP contribution < -0.4 is 5.32 Å². The second-order valence-electron chi connectivity index (χ2n) is 2.97. The van der Waals surface area contributed by atoms with Gasteiger partial charge in [-0.1, -0.05) is 12.1 Å². The summed E-state index contributed by atoms with van der Waals surface area (Å²) in [4.78, 5) is 0.834. The normalized spacial score (nSPS) is 11.4. The number of aliphatic hydroxyl groups excluding tert-OH is 1. The average Bonchev–Trinajstić information content (AvgIpc) is 2.23. The molecule has 5 nitrogen and oxygen atoms in total. The molecule has 0 unspecified atom stereocenters. The number of thioether (sulfide) groups is 1. The maximum absolute atomic E-state index is 10.6. The summed E-state index contributed by atoms with van der Waals surface area (Å²) in [6, 6.07) is 7.10. The van der Waals surface area contributed by atoms with E-state index in [0.29, 0.717) is 11.4 Å². The van der Waals surface area contributed by atoms with Crippen molar-refractivity contribution in [2.45, 2.75) is 4.90 Å². The minimum atomic E-state index is -4.03. The lowest BCUT2D eigenvalue weighted by atomic mass is 10.3. The van der Waals surface area contributed by atoms with Gasteiger partial charge in [0, 0.05) is 16.3 Å². The molecule has 0 atom stereocenters. The maximum atomic E-state index is 10.6. The summed E-state index contributed by atoms with van der Waals surface area (Å²) < 4.78 is 29.8. The number of benzene rings is 1. The van der Waals surface area contributed by atoms with Gasteiger partial charge < -0.3 is 10.4 Å². The number of para-hydroxylation sites is 1. The van der Waals surface area contributed by atoms with Crippen molar-refractivity contribution in [3.05, 3.63) is 24.3 Å². The summed E-state index contributed by atoms with van der Waals surface area (Å²) >= 11 is 1.41. The van der Waals surface area contributed by atoms with Gasteiger partial charge in [0.15, 0.2) is 0 Å². The van der Waals surface area contributed by atoms with Crippen molar-refractivity contribution in [2.24, 2.45) is 0 Å². The van der Waals surface area contributed by atoms with Crippen molar-refractivity contribution >= 4 is 27.6 Å². The molecule has 1 aromatic carbocycles. The minimum Gasteiger partial charge on any atom is -0.396 e. The zero-order valence-corrected chi connectivity index (χ0v) is 10.1. The van der Waals surface area contributed by atoms with Crippen LogP contribution in [-0.4, -0.2) is 36.3 Å². The predicted molar refractivity (Wildman–Crippen MR) is 64.3 cm³/mol. The molecular weight excluding hydrogens is 250 g/mol. The van der Waals surface area contributed by atoms with Crippen LogP contribution in [0.5, 0.6) is 0 Å². The van der Waals surface area contributed by atoms with E-state index in [1.807, 2.05) is 12.1 Å². The fourth-order valence-corrected chi connectivity index (χ4v) is 2.18. The van der Waals surface area contributed by atoms with Gasteiger partial charge >= 0.3 is 0 Å². The van der Waals surface area contributed by atoms with E-state index in [-0.39, 0.29) is 6.61 Å². The SMILES string of the molecule is O=S(=O)(O)CNc1ccccc1SCCO. The van der Waals surface area contributed by atoms with Crippen LogP contribution in [-0.2, 0) is 10.1 Å². The highest BCUT2D eigenvalue weighted by molar-refractivity contribution is 7.99. The molecule has 1 aromatic rings. The third-order valence-electron chi connectivity index (χ3n) is 1.68. The topological polar surface area (TPSA) is 86.6 Å². The van der Waals surface area contributed by atoms with E-state index in [0.717, 1.165) is 4.90 Å². The summed E-state index contributed by atoms with van der Waals surface area (Å²) in [6.45, 7) is 0.0529. The minimum absolute atomic E-state index is 0.0529. The number of nitrogens with one attached hydrogen (secondary N) is 1. The fourth-order valence-electron chi connectivity index (χ4n) is 1.06. The van der Waals surface area contributed by atoms with E-state index in [1.165, 1.54) is 11.8 Å². The molecular formula is C9H13NO4S2. The van der Waals surface area contributed by atoms with Gasteiger partial charge in [-0.2, -0.15) is 8.42 Å². The smallest absolute Gasteiger partial charge is 0.283 e. The second-order valence-corrected chi connectivity index (χ2v) is 5.56. The molecule has 7 heteroatoms. The molecule has 1 rings (SSSR count). The van der Waals surface area contributed by atoms with Crippen LogP contribution in [0.25, 0.3) is 0 Å². The molecule has 0 spiro atoms. The van der Waals surface area contributed by atoms with Gasteiger partial charge in [0.2, 0.25) is 0 Å². The number of hydrogen-bond donors (Lipinski definition) is 3. The van der Waals surface area contributed by atoms with Gasteiger partial charge in [-0.25, -0.2) is 0 Å². The van der Waals surface area contributed by atoms with Crippen LogP contribution >= 0.6 is 11.8 Å². The first-order valence-electron chi connectivity index (χ1n) is 4.54. The molecule has 0 heterocycles. The van der Waals surface area contributed by atoms with Gasteiger partial charge in [-0.05, 0) is 12.1 Å². The Morgan fingerprint density at radius 1 is 1.31 bits per heavy atom. The summed E-state index contributed by atoms with van der Waals surface area (Å²) in [5, 5.41) is 11.3. The van der Waals surface area contributed by atoms with Crippen LogP contribution in [0.2, 0.25) is 0 Å². The largest absolute Gasteiger partial charge is 0.396 e. The molecule has 0 aliphatic heterocycles. The van der Waals surface area contributed by atoms with Crippen LogP contribution in [0.3, 0.4) is 0 Å². The Hall–Kier alpha value is -0.760. The van der Waals surface area contributed by atoms with E-state index < -0.39 is 16.0 Å². The van der Waals surface area contributed by atoms with Crippen molar-refractivity contribution in [3.8, 4) is 0 Å². The molecule has 3 N–H and O–H groups in total. The number of anilines is 1. The van der Waals surface area contributed by atoms with Gasteiger partial charge in [0.25, 0.3) is 10.1 Å². The number of rotatable bonds is 6. The Morgan fingerprint density at radius 3 is 2.62 bits per heavy atom. The van der Waals surface area contributed by atoms with Gasteiger partial charge in [0.05, 0.1) is 6.61 Å². The molecule has 0 fully saturated rings. The van der Waals surface area contributed by atoms with Crippen LogP contribution in [0, 0.1) is 0 Å². The Bertz CT molecular complexity index is 433. The summed E-state index contributed by atoms with van der Waals surface area (Å²) in [6.07, 6.45) is 0. The second kappa shape index (κ2) is 6.09. The van der Waals surface area contributed by atoms with E-state index >= 15 is 0 Å². The quantitative estimate of drug-likeness (QED) is 0.525. The van der Waals surface area contributed by atoms with Crippen molar-refractivity contribution in [3.63, 3.8) is 0 Å². The Labute approximate surface area is 98.6 Å². The van der Waals surface area contributed by atoms with Gasteiger partial charge in [0.1, 0.15) is 5.88 Å². The molecule has 0 amide bonds. The number of aliphatic hydroxyl groups is 1. The monoisotopic (exact) mass is 263 g/mol. The highest BCUT2D eigenvalue weighted by atomic mass is 32.2. The third-order valence-corrected chi connectivity index (χ3v) is 3.24. The molecule has 0 aromatic heterocycles. The summed E-state index contributed by atoms with van der Waals surface area (Å²) in [5.74, 6) is 0.00820. The number of hydrogen-bond acceptors (Lipinski definition) is 5. The average molecular weight is 263 g/mol. The van der Waals surface area contributed by atoms with Crippen molar-refractivity contribution in [1.82, 2.24) is 0 Å². The van der Waals surface area contributed by atoms with Crippen LogP contribution in [0.1, 0.15) is 0 Å². The van der Waals surface area contributed by atoms with Gasteiger partial charge in [-0.15, -0.1) is 11.8 Å². The molecule has 0 saturated heterocycles. The first-order chi connectivity index (χ1) is 7.53. The molecule has 0 aliphatic rings. The van der Waals surface area contributed by atoms with Crippen LogP contribution in [0.4, 0.5) is 5.69 Å². The highest BCUT2D eigenvalue weighted by Crippen LogP contribution is 2.26. The molecule has 0 saturated carbocycles. The van der Waals surface area contributed by atoms with E-state index in [1.54, 1.807) is 12.1 Å². The summed E-state index contributed by atoms with van der Waals surface area (Å²) in [5.41, 5.74) is 0.624.